The number of nitrogens with zero attached hydrogens (tertiary/aromatic N) is 1. The van der Waals surface area contributed by atoms with E-state index in [1.54, 1.807) is 13.1 Å². The molecule has 0 radical (unpaired) electrons. The van der Waals surface area contributed by atoms with Crippen LogP contribution in [0.4, 0.5) is 0 Å². The van der Waals surface area contributed by atoms with Gasteiger partial charge in [-0.3, -0.25) is 4.99 Å². The quantitative estimate of drug-likeness (QED) is 0.537. The van der Waals surface area contributed by atoms with E-state index in [0.29, 0.717) is 0 Å². The van der Waals surface area contributed by atoms with Gasteiger partial charge in [-0.15, -0.1) is 0 Å². The number of ether oxygens (including phenoxy) is 1. The van der Waals surface area contributed by atoms with Crippen LogP contribution in [0.2, 0.25) is 0 Å². The minimum atomic E-state index is 0.756. The molecule has 1 aliphatic heterocycles. The summed E-state index contributed by atoms with van der Waals surface area (Å²) in [5.41, 5.74) is 1.04. The van der Waals surface area contributed by atoms with Gasteiger partial charge in [-0.2, -0.15) is 0 Å². The Morgan fingerprint density at radius 2 is 2.50 bits per heavy atom. The summed E-state index contributed by atoms with van der Waals surface area (Å²) >= 11 is 0. The Hall–Kier alpha value is -1.05. The van der Waals surface area contributed by atoms with Crippen molar-refractivity contribution in [2.24, 2.45) is 4.99 Å². The molecule has 1 fully saturated rings. The molecule has 10 heavy (non-hydrogen) atoms. The summed E-state index contributed by atoms with van der Waals surface area (Å²) in [4.78, 5) is 4.06. The highest BCUT2D eigenvalue weighted by Gasteiger charge is 2.13. The Bertz CT molecular complexity index is 191. The molecule has 0 aliphatic carbocycles. The lowest BCUT2D eigenvalue weighted by Crippen LogP contribution is -1.92. The molecule has 0 aromatic rings. The molecule has 0 spiro atoms. The molecule has 0 amide bonds. The largest absolute Gasteiger partial charge is 0.491 e. The first-order valence-electron chi connectivity index (χ1n) is 3.30. The van der Waals surface area contributed by atoms with Crippen molar-refractivity contribution >= 4 is 5.71 Å². The fourth-order valence-corrected chi connectivity index (χ4v) is 0.938. The minimum Gasteiger partial charge on any atom is -0.491 e. The topological polar surface area (TPSA) is 21.6 Å². The Balaban J connectivity index is 2.77. The molecule has 2 nitrogen and oxygen atoms in total. The number of hydrogen-bond donors (Lipinski definition) is 0. The molecule has 2 heteroatoms. The zero-order valence-corrected chi connectivity index (χ0v) is 6.13. The number of rotatable bonds is 1. The van der Waals surface area contributed by atoms with Crippen molar-refractivity contribution in [2.75, 3.05) is 13.7 Å². The highest BCUT2D eigenvalue weighted by molar-refractivity contribution is 6.00. The van der Waals surface area contributed by atoms with E-state index in [9.17, 15) is 0 Å². The second-order valence-corrected chi connectivity index (χ2v) is 2.04. The van der Waals surface area contributed by atoms with E-state index in [4.69, 9.17) is 4.74 Å². The van der Waals surface area contributed by atoms with E-state index in [1.165, 1.54) is 0 Å². The predicted octanol–water partition coefficient (Wildman–Crippen LogP) is 1.55. The van der Waals surface area contributed by atoms with Crippen molar-refractivity contribution in [3.05, 3.63) is 24.5 Å². The van der Waals surface area contributed by atoms with Crippen molar-refractivity contribution in [3.8, 4) is 0 Å². The van der Waals surface area contributed by atoms with Gasteiger partial charge in [-0.25, -0.2) is 0 Å². The lowest BCUT2D eigenvalue weighted by atomic mass is 10.2. The van der Waals surface area contributed by atoms with Crippen LogP contribution in [-0.4, -0.2) is 19.4 Å². The van der Waals surface area contributed by atoms with Crippen LogP contribution in [0.15, 0.2) is 29.5 Å². The molecule has 1 rings (SSSR count). The average Bonchev–Trinajstić information content (AvgIpc) is 2.36. The third-order valence-electron chi connectivity index (χ3n) is 1.42. The van der Waals surface area contributed by atoms with Crippen LogP contribution in [0.3, 0.4) is 0 Å². The lowest BCUT2D eigenvalue weighted by Gasteiger charge is -1.94. The van der Waals surface area contributed by atoms with Crippen LogP contribution in [0, 0.1) is 0 Å². The SMILES string of the molecule is C=C/C=C1/OCCC1=NC. The van der Waals surface area contributed by atoms with Crippen LogP contribution in [0.1, 0.15) is 6.42 Å². The van der Waals surface area contributed by atoms with Gasteiger partial charge in [-0.1, -0.05) is 12.7 Å². The summed E-state index contributed by atoms with van der Waals surface area (Å²) < 4.78 is 5.26. The highest BCUT2D eigenvalue weighted by Crippen LogP contribution is 2.13. The van der Waals surface area contributed by atoms with Gasteiger partial charge in [0.2, 0.25) is 0 Å². The molecule has 0 bridgehead atoms. The molecule has 1 saturated heterocycles. The van der Waals surface area contributed by atoms with Crippen LogP contribution in [-0.2, 0) is 4.74 Å². The van der Waals surface area contributed by atoms with Gasteiger partial charge in [0.25, 0.3) is 0 Å². The molecule has 0 N–H and O–H groups in total. The maximum absolute atomic E-state index is 5.26. The molecule has 0 aromatic carbocycles. The second kappa shape index (κ2) is 3.20. The molecule has 0 aromatic heterocycles. The summed E-state index contributed by atoms with van der Waals surface area (Å²) in [6, 6.07) is 0. The fourth-order valence-electron chi connectivity index (χ4n) is 0.938. The van der Waals surface area contributed by atoms with Gasteiger partial charge in [-0.05, 0) is 6.08 Å². The Kier molecular flexibility index (Phi) is 2.26. The number of allylic oxidation sites excluding steroid dienone is 3. The van der Waals surface area contributed by atoms with Gasteiger partial charge < -0.3 is 4.74 Å². The first kappa shape index (κ1) is 7.06. The molecular formula is C8H11NO. The standard InChI is InChI=1S/C8H11NO/c1-3-4-8-7(9-2)5-6-10-8/h3-4H,1,5-6H2,2H3/b8-4+,9-7?. The van der Waals surface area contributed by atoms with Crippen LogP contribution < -0.4 is 0 Å². The molecule has 1 aliphatic rings. The van der Waals surface area contributed by atoms with E-state index in [-0.39, 0.29) is 0 Å². The molecule has 0 unspecified atom stereocenters. The van der Waals surface area contributed by atoms with Gasteiger partial charge in [0.05, 0.1) is 12.3 Å². The normalized spacial score (nSPS) is 25.3. The summed E-state index contributed by atoms with van der Waals surface area (Å²) in [6.45, 7) is 4.34. The first-order valence-corrected chi connectivity index (χ1v) is 3.30. The summed E-state index contributed by atoms with van der Waals surface area (Å²) in [7, 11) is 1.78. The predicted molar refractivity (Wildman–Crippen MR) is 42.2 cm³/mol. The van der Waals surface area contributed by atoms with Crippen molar-refractivity contribution in [3.63, 3.8) is 0 Å². The van der Waals surface area contributed by atoms with Gasteiger partial charge in [0.15, 0.2) is 0 Å². The summed E-state index contributed by atoms with van der Waals surface area (Å²) in [5, 5.41) is 0. The zero-order chi connectivity index (χ0) is 7.40. The molecule has 0 atom stereocenters. The maximum atomic E-state index is 5.26. The van der Waals surface area contributed by atoms with Gasteiger partial charge in [0, 0.05) is 13.5 Å². The van der Waals surface area contributed by atoms with Crippen molar-refractivity contribution < 1.29 is 4.74 Å². The Morgan fingerprint density at radius 3 is 3.10 bits per heavy atom. The molecule has 54 valence electrons. The van der Waals surface area contributed by atoms with E-state index in [0.717, 1.165) is 24.5 Å². The second-order valence-electron chi connectivity index (χ2n) is 2.04. The van der Waals surface area contributed by atoms with E-state index in [1.807, 2.05) is 6.08 Å². The van der Waals surface area contributed by atoms with Crippen molar-refractivity contribution in [2.45, 2.75) is 6.42 Å². The van der Waals surface area contributed by atoms with E-state index in [2.05, 4.69) is 11.6 Å². The zero-order valence-electron chi connectivity index (χ0n) is 6.13. The third kappa shape index (κ3) is 1.26. The molecular weight excluding hydrogens is 126 g/mol. The Morgan fingerprint density at radius 1 is 1.70 bits per heavy atom. The molecule has 1 heterocycles. The highest BCUT2D eigenvalue weighted by atomic mass is 16.5. The minimum absolute atomic E-state index is 0.756. The Labute approximate surface area is 60.9 Å². The summed E-state index contributed by atoms with van der Waals surface area (Å²) in [6.07, 6.45) is 4.48. The maximum Gasteiger partial charge on any atom is 0.140 e. The first-order chi connectivity index (χ1) is 4.88. The van der Waals surface area contributed by atoms with Crippen molar-refractivity contribution in [1.29, 1.82) is 0 Å². The van der Waals surface area contributed by atoms with Gasteiger partial charge in [0.1, 0.15) is 5.76 Å². The van der Waals surface area contributed by atoms with Crippen molar-refractivity contribution in [1.82, 2.24) is 0 Å². The third-order valence-corrected chi connectivity index (χ3v) is 1.42. The lowest BCUT2D eigenvalue weighted by molar-refractivity contribution is 0.267. The smallest absolute Gasteiger partial charge is 0.140 e. The number of hydrogen-bond acceptors (Lipinski definition) is 2. The monoisotopic (exact) mass is 137 g/mol. The van der Waals surface area contributed by atoms with Gasteiger partial charge >= 0.3 is 0 Å². The average molecular weight is 137 g/mol. The van der Waals surface area contributed by atoms with Crippen LogP contribution >= 0.6 is 0 Å². The molecule has 0 saturated carbocycles. The van der Waals surface area contributed by atoms with E-state index >= 15 is 0 Å². The van der Waals surface area contributed by atoms with E-state index < -0.39 is 0 Å². The fraction of sp³-hybridized carbons (Fsp3) is 0.375. The number of aliphatic imine (C=N–C) groups is 1. The van der Waals surface area contributed by atoms with Crippen LogP contribution in [0.5, 0.6) is 0 Å². The summed E-state index contributed by atoms with van der Waals surface area (Å²) in [5.74, 6) is 0.873. The van der Waals surface area contributed by atoms with Crippen LogP contribution in [0.25, 0.3) is 0 Å².